The van der Waals surface area contributed by atoms with Crippen molar-refractivity contribution in [1.82, 2.24) is 0 Å². The highest BCUT2D eigenvalue weighted by Crippen LogP contribution is 2.49. The largest absolute Gasteiger partial charge is 0.370 e. The van der Waals surface area contributed by atoms with Crippen LogP contribution in [0.2, 0.25) is 0 Å². The average Bonchev–Trinajstić information content (AvgIpc) is 2.61. The van der Waals surface area contributed by atoms with Crippen LogP contribution in [0.4, 0.5) is 0 Å². The van der Waals surface area contributed by atoms with Gasteiger partial charge in [-0.3, -0.25) is 9.59 Å². The molecule has 2 bridgehead atoms. The lowest BCUT2D eigenvalue weighted by molar-refractivity contribution is -0.125. The molecule has 4 N–H and O–H groups in total. The van der Waals surface area contributed by atoms with Crippen LogP contribution in [0.3, 0.4) is 0 Å². The summed E-state index contributed by atoms with van der Waals surface area (Å²) in [5.41, 5.74) is 10.5. The summed E-state index contributed by atoms with van der Waals surface area (Å²) in [6.07, 6.45) is 5.35. The Balaban J connectivity index is 2.18. The number of nitrogens with two attached hydrogens (primary N) is 2. The summed E-state index contributed by atoms with van der Waals surface area (Å²) >= 11 is 0. The van der Waals surface area contributed by atoms with E-state index in [1.54, 1.807) is 0 Å². The molecule has 2 amide bonds. The van der Waals surface area contributed by atoms with Gasteiger partial charge in [-0.05, 0) is 24.2 Å². The molecular formula is C10H14N2O2. The number of allylic oxidation sites excluding steroid dienone is 2. The van der Waals surface area contributed by atoms with E-state index in [4.69, 9.17) is 11.5 Å². The van der Waals surface area contributed by atoms with Gasteiger partial charge in [0.15, 0.2) is 0 Å². The van der Waals surface area contributed by atoms with Crippen LogP contribution in [0.1, 0.15) is 12.8 Å². The monoisotopic (exact) mass is 194 g/mol. The van der Waals surface area contributed by atoms with E-state index in [1.807, 2.05) is 6.08 Å². The molecule has 0 aliphatic heterocycles. The molecule has 14 heavy (non-hydrogen) atoms. The fraction of sp³-hybridized carbons (Fsp3) is 0.600. The topological polar surface area (TPSA) is 86.2 Å². The number of carbonyl (C=O) groups is 2. The van der Waals surface area contributed by atoms with Gasteiger partial charge in [-0.15, -0.1) is 0 Å². The molecule has 0 aromatic rings. The summed E-state index contributed by atoms with van der Waals surface area (Å²) in [6.45, 7) is 0. The number of carbonyl (C=O) groups excluding carboxylic acids is 2. The van der Waals surface area contributed by atoms with Gasteiger partial charge in [-0.1, -0.05) is 12.2 Å². The zero-order chi connectivity index (χ0) is 10.3. The quantitative estimate of drug-likeness (QED) is 0.609. The van der Waals surface area contributed by atoms with Crippen LogP contribution in [-0.2, 0) is 9.59 Å². The molecular weight excluding hydrogens is 180 g/mol. The second kappa shape index (κ2) is 3.12. The van der Waals surface area contributed by atoms with Crippen molar-refractivity contribution in [1.29, 1.82) is 0 Å². The molecule has 2 aliphatic carbocycles. The third-order valence-electron chi connectivity index (χ3n) is 3.39. The Labute approximate surface area is 82.3 Å². The number of amides is 2. The highest BCUT2D eigenvalue weighted by atomic mass is 16.1. The Kier molecular flexibility index (Phi) is 2.06. The van der Waals surface area contributed by atoms with Crippen molar-refractivity contribution in [3.05, 3.63) is 12.2 Å². The fourth-order valence-electron chi connectivity index (χ4n) is 2.86. The summed E-state index contributed by atoms with van der Waals surface area (Å²) in [5.74, 6) is -0.223. The average molecular weight is 194 g/mol. The number of fused-ring (bicyclic) bond motifs is 2. The molecule has 1 fully saturated rings. The molecule has 0 heterocycles. The molecule has 0 aromatic carbocycles. The molecule has 4 unspecified atom stereocenters. The third-order valence-corrected chi connectivity index (χ3v) is 3.39. The van der Waals surface area contributed by atoms with Crippen LogP contribution < -0.4 is 11.5 Å². The van der Waals surface area contributed by atoms with Crippen molar-refractivity contribution in [2.75, 3.05) is 0 Å². The number of hydrogen-bond donors (Lipinski definition) is 2. The van der Waals surface area contributed by atoms with Gasteiger partial charge in [0.05, 0.1) is 0 Å². The predicted octanol–water partition coefficient (Wildman–Crippen LogP) is -0.215. The summed E-state index contributed by atoms with van der Waals surface area (Å²) in [7, 11) is 0. The van der Waals surface area contributed by atoms with Gasteiger partial charge in [-0.2, -0.15) is 0 Å². The molecule has 2 rings (SSSR count). The Morgan fingerprint density at radius 2 is 1.86 bits per heavy atom. The van der Waals surface area contributed by atoms with E-state index in [0.717, 1.165) is 6.42 Å². The summed E-state index contributed by atoms with van der Waals surface area (Å²) in [4.78, 5) is 22.1. The zero-order valence-corrected chi connectivity index (χ0v) is 7.85. The number of rotatable bonds is 3. The van der Waals surface area contributed by atoms with Gasteiger partial charge >= 0.3 is 0 Å². The van der Waals surface area contributed by atoms with Gasteiger partial charge in [0.2, 0.25) is 11.8 Å². The fourth-order valence-corrected chi connectivity index (χ4v) is 2.86. The molecule has 76 valence electrons. The second-order valence-electron chi connectivity index (χ2n) is 4.21. The predicted molar refractivity (Wildman–Crippen MR) is 50.7 cm³/mol. The molecule has 4 heteroatoms. The lowest BCUT2D eigenvalue weighted by Gasteiger charge is -2.24. The summed E-state index contributed by atoms with van der Waals surface area (Å²) < 4.78 is 0. The normalized spacial score (nSPS) is 38.9. The maximum absolute atomic E-state index is 11.2. The van der Waals surface area contributed by atoms with Crippen molar-refractivity contribution < 1.29 is 9.59 Å². The highest BCUT2D eigenvalue weighted by molar-refractivity contribution is 5.80. The molecule has 0 aromatic heterocycles. The maximum atomic E-state index is 11.2. The van der Waals surface area contributed by atoms with Crippen molar-refractivity contribution in [2.24, 2.45) is 35.1 Å². The minimum absolute atomic E-state index is 0.0417. The molecule has 0 radical (unpaired) electrons. The van der Waals surface area contributed by atoms with Crippen LogP contribution in [0.25, 0.3) is 0 Å². The van der Waals surface area contributed by atoms with E-state index < -0.39 is 0 Å². The Bertz CT molecular complexity index is 311. The summed E-state index contributed by atoms with van der Waals surface area (Å²) in [6, 6.07) is 0. The van der Waals surface area contributed by atoms with Crippen LogP contribution in [0.5, 0.6) is 0 Å². The Hall–Kier alpha value is -1.32. The van der Waals surface area contributed by atoms with E-state index in [2.05, 4.69) is 6.08 Å². The van der Waals surface area contributed by atoms with E-state index >= 15 is 0 Å². The SMILES string of the molecule is NC(=O)CC1C2C=CC(C2)C1C(N)=O. The first kappa shape index (κ1) is 9.24. The van der Waals surface area contributed by atoms with Gasteiger partial charge < -0.3 is 11.5 Å². The number of hydrogen-bond acceptors (Lipinski definition) is 2. The molecule has 0 saturated heterocycles. The van der Waals surface area contributed by atoms with Crippen molar-refractivity contribution in [3.63, 3.8) is 0 Å². The van der Waals surface area contributed by atoms with Crippen molar-refractivity contribution >= 4 is 11.8 Å². The lowest BCUT2D eigenvalue weighted by Crippen LogP contribution is -2.35. The van der Waals surface area contributed by atoms with E-state index in [9.17, 15) is 9.59 Å². The highest BCUT2D eigenvalue weighted by Gasteiger charge is 2.47. The first-order valence-corrected chi connectivity index (χ1v) is 4.85. The first-order chi connectivity index (χ1) is 6.59. The van der Waals surface area contributed by atoms with E-state index in [0.29, 0.717) is 5.92 Å². The van der Waals surface area contributed by atoms with Crippen LogP contribution >= 0.6 is 0 Å². The summed E-state index contributed by atoms with van der Waals surface area (Å²) in [5, 5.41) is 0. The number of primary amides is 2. The second-order valence-corrected chi connectivity index (χ2v) is 4.21. The van der Waals surface area contributed by atoms with E-state index in [1.165, 1.54) is 0 Å². The molecule has 4 nitrogen and oxygen atoms in total. The van der Waals surface area contributed by atoms with Crippen molar-refractivity contribution in [3.8, 4) is 0 Å². The lowest BCUT2D eigenvalue weighted by atomic mass is 9.80. The van der Waals surface area contributed by atoms with Gasteiger partial charge in [0, 0.05) is 12.3 Å². The molecule has 1 saturated carbocycles. The standard InChI is InChI=1S/C10H14N2O2/c11-8(13)4-7-5-1-2-6(3-5)9(7)10(12)14/h1-2,5-7,9H,3-4H2,(H2,11,13)(H2,12,14). The molecule has 2 aliphatic rings. The van der Waals surface area contributed by atoms with Gasteiger partial charge in [-0.25, -0.2) is 0 Å². The smallest absolute Gasteiger partial charge is 0.221 e. The Morgan fingerprint density at radius 3 is 2.43 bits per heavy atom. The molecule has 4 atom stereocenters. The maximum Gasteiger partial charge on any atom is 0.221 e. The van der Waals surface area contributed by atoms with Crippen molar-refractivity contribution in [2.45, 2.75) is 12.8 Å². The van der Waals surface area contributed by atoms with Gasteiger partial charge in [0.25, 0.3) is 0 Å². The van der Waals surface area contributed by atoms with Crippen LogP contribution in [0, 0.1) is 23.7 Å². The van der Waals surface area contributed by atoms with Gasteiger partial charge in [0.1, 0.15) is 0 Å². The zero-order valence-electron chi connectivity index (χ0n) is 7.85. The first-order valence-electron chi connectivity index (χ1n) is 4.85. The minimum Gasteiger partial charge on any atom is -0.370 e. The molecule has 0 spiro atoms. The van der Waals surface area contributed by atoms with E-state index in [-0.39, 0.29) is 36.0 Å². The van der Waals surface area contributed by atoms with Crippen LogP contribution in [0.15, 0.2) is 12.2 Å². The Morgan fingerprint density at radius 1 is 1.21 bits per heavy atom. The third kappa shape index (κ3) is 1.31. The van der Waals surface area contributed by atoms with Crippen LogP contribution in [-0.4, -0.2) is 11.8 Å². The minimum atomic E-state index is -0.345.